The summed E-state index contributed by atoms with van der Waals surface area (Å²) in [5.74, 6) is -0.962. The van der Waals surface area contributed by atoms with Crippen molar-refractivity contribution in [3.8, 4) is 0 Å². The van der Waals surface area contributed by atoms with E-state index in [0.717, 1.165) is 64.2 Å². The summed E-state index contributed by atoms with van der Waals surface area (Å²) in [5, 5.41) is 0. The molecule has 0 aromatic heterocycles. The van der Waals surface area contributed by atoms with Gasteiger partial charge in [-0.3, -0.25) is 14.4 Å². The molecule has 1 unspecified atom stereocenters. The van der Waals surface area contributed by atoms with E-state index < -0.39 is 6.10 Å². The van der Waals surface area contributed by atoms with Crippen LogP contribution in [0.3, 0.4) is 0 Å². The molecule has 0 fully saturated rings. The van der Waals surface area contributed by atoms with Crippen molar-refractivity contribution >= 4 is 17.9 Å². The van der Waals surface area contributed by atoms with Crippen LogP contribution >= 0.6 is 0 Å². The van der Waals surface area contributed by atoms with Gasteiger partial charge in [0.25, 0.3) is 0 Å². The first kappa shape index (κ1) is 60.4. The van der Waals surface area contributed by atoms with Crippen molar-refractivity contribution in [2.24, 2.45) is 0 Å². The molecule has 1 atom stereocenters. The minimum absolute atomic E-state index is 0.0907. The average Bonchev–Trinajstić information content (AvgIpc) is 3.28. The number of ether oxygens (including phenoxy) is 3. The summed E-state index contributed by atoms with van der Waals surface area (Å²) in [5.41, 5.74) is 0. The quantitative estimate of drug-likeness (QED) is 0.0262. The van der Waals surface area contributed by atoms with Crippen LogP contribution in [0.4, 0.5) is 0 Å². The van der Waals surface area contributed by atoms with Gasteiger partial charge >= 0.3 is 17.9 Å². The molecule has 366 valence electrons. The van der Waals surface area contributed by atoms with E-state index in [1.54, 1.807) is 0 Å². The summed E-state index contributed by atoms with van der Waals surface area (Å²) in [6.45, 7) is 6.49. The fourth-order valence-electron chi connectivity index (χ4n) is 7.81. The standard InChI is InChI=1S/C57H102O6/c1-4-7-10-13-16-19-22-25-27-28-30-32-35-38-41-44-47-50-56(59)62-53-54(52-61-55(58)49-46-43-40-37-34-31-24-21-18-15-12-9-6-3)63-57(60)51-48-45-42-39-36-33-29-26-23-20-17-14-11-8-5-2/h9,12,18,21,31,34,40,43,54H,4-8,10-11,13-17,19-20,22-30,32-33,35-39,41-42,44-53H2,1-3H3/b12-9-,21-18-,34-31-,43-40-. The molecule has 0 aliphatic carbocycles. The molecule has 6 nitrogen and oxygen atoms in total. The van der Waals surface area contributed by atoms with E-state index in [2.05, 4.69) is 63.3 Å². The zero-order chi connectivity index (χ0) is 45.8. The third kappa shape index (κ3) is 50.2. The van der Waals surface area contributed by atoms with Crippen molar-refractivity contribution in [3.05, 3.63) is 48.6 Å². The lowest BCUT2D eigenvalue weighted by atomic mass is 10.0. The van der Waals surface area contributed by atoms with Gasteiger partial charge in [0, 0.05) is 19.3 Å². The molecule has 6 heteroatoms. The SMILES string of the molecule is CC/C=C\C/C=C\C/C=C\C/C=C\CCC(=O)OCC(COC(=O)CCCCCCCCCCCCCCCCCCC)OC(=O)CCCCCCCCCCCCCCCCC. The molecule has 0 aromatic carbocycles. The lowest BCUT2D eigenvalue weighted by Gasteiger charge is -2.18. The fourth-order valence-corrected chi connectivity index (χ4v) is 7.81. The number of esters is 3. The molecule has 0 aromatic rings. The van der Waals surface area contributed by atoms with Gasteiger partial charge in [-0.2, -0.15) is 0 Å². The van der Waals surface area contributed by atoms with Crippen molar-refractivity contribution in [2.75, 3.05) is 13.2 Å². The van der Waals surface area contributed by atoms with E-state index in [0.29, 0.717) is 19.3 Å². The Hall–Kier alpha value is -2.63. The maximum absolute atomic E-state index is 12.8. The number of carbonyl (C=O) groups excluding carboxylic acids is 3. The molecule has 0 N–H and O–H groups in total. The molecule has 63 heavy (non-hydrogen) atoms. The van der Waals surface area contributed by atoms with Crippen molar-refractivity contribution in [1.29, 1.82) is 0 Å². The predicted octanol–water partition coefficient (Wildman–Crippen LogP) is 17.9. The molecule has 0 radical (unpaired) electrons. The molecular weight excluding hydrogens is 781 g/mol. The van der Waals surface area contributed by atoms with Crippen molar-refractivity contribution in [1.82, 2.24) is 0 Å². The summed E-state index contributed by atoms with van der Waals surface area (Å²) in [4.78, 5) is 38.0. The topological polar surface area (TPSA) is 78.9 Å². The molecule has 0 saturated heterocycles. The summed E-state index contributed by atoms with van der Waals surface area (Å²) in [6, 6.07) is 0. The van der Waals surface area contributed by atoms with Gasteiger partial charge in [0.15, 0.2) is 6.10 Å². The summed E-state index contributed by atoms with van der Waals surface area (Å²) in [7, 11) is 0. The monoisotopic (exact) mass is 883 g/mol. The number of unbranched alkanes of at least 4 members (excludes halogenated alkanes) is 30. The summed E-state index contributed by atoms with van der Waals surface area (Å²) in [6.07, 6.45) is 62.6. The number of hydrogen-bond donors (Lipinski definition) is 0. The molecular formula is C57H102O6. The van der Waals surface area contributed by atoms with E-state index in [-0.39, 0.29) is 37.5 Å². The Morgan fingerprint density at radius 2 is 0.619 bits per heavy atom. The Morgan fingerprint density at radius 1 is 0.333 bits per heavy atom. The predicted molar refractivity (Wildman–Crippen MR) is 270 cm³/mol. The minimum atomic E-state index is -0.797. The van der Waals surface area contributed by atoms with Crippen LogP contribution in [-0.2, 0) is 28.6 Å². The molecule has 0 amide bonds. The molecule has 0 aliphatic heterocycles. The number of allylic oxidation sites excluding steroid dienone is 8. The van der Waals surface area contributed by atoms with Gasteiger partial charge in [-0.1, -0.05) is 262 Å². The lowest BCUT2D eigenvalue weighted by Crippen LogP contribution is -2.30. The van der Waals surface area contributed by atoms with Crippen molar-refractivity contribution in [3.63, 3.8) is 0 Å². The summed E-state index contributed by atoms with van der Waals surface area (Å²) < 4.78 is 16.8. The lowest BCUT2D eigenvalue weighted by molar-refractivity contribution is -0.166. The summed E-state index contributed by atoms with van der Waals surface area (Å²) >= 11 is 0. The van der Waals surface area contributed by atoms with Crippen LogP contribution in [0.2, 0.25) is 0 Å². The second kappa shape index (κ2) is 52.0. The van der Waals surface area contributed by atoms with Crippen molar-refractivity contribution < 1.29 is 28.6 Å². The Kier molecular flexibility index (Phi) is 49.8. The van der Waals surface area contributed by atoms with Crippen LogP contribution in [0.25, 0.3) is 0 Å². The normalized spacial score (nSPS) is 12.4. The third-order valence-corrected chi connectivity index (χ3v) is 11.9. The Balaban J connectivity index is 4.39. The Labute approximate surface area is 390 Å². The fraction of sp³-hybridized carbons (Fsp3) is 0.807. The molecule has 0 rings (SSSR count). The van der Waals surface area contributed by atoms with Gasteiger partial charge in [0.2, 0.25) is 0 Å². The Morgan fingerprint density at radius 3 is 0.968 bits per heavy atom. The van der Waals surface area contributed by atoms with Gasteiger partial charge < -0.3 is 14.2 Å². The maximum atomic E-state index is 12.8. The minimum Gasteiger partial charge on any atom is -0.462 e. The van der Waals surface area contributed by atoms with E-state index in [1.807, 2.05) is 6.08 Å². The zero-order valence-corrected chi connectivity index (χ0v) is 41.8. The maximum Gasteiger partial charge on any atom is 0.306 e. The Bertz CT molecular complexity index is 1110. The number of carbonyl (C=O) groups is 3. The smallest absolute Gasteiger partial charge is 0.306 e. The van der Waals surface area contributed by atoms with E-state index in [9.17, 15) is 14.4 Å². The average molecular weight is 883 g/mol. The zero-order valence-electron chi connectivity index (χ0n) is 41.8. The molecule has 0 bridgehead atoms. The molecule has 0 aliphatic rings. The second-order valence-electron chi connectivity index (χ2n) is 18.1. The highest BCUT2D eigenvalue weighted by atomic mass is 16.6. The second-order valence-corrected chi connectivity index (χ2v) is 18.1. The van der Waals surface area contributed by atoms with Gasteiger partial charge in [-0.05, 0) is 44.9 Å². The van der Waals surface area contributed by atoms with Gasteiger partial charge in [0.05, 0.1) is 0 Å². The third-order valence-electron chi connectivity index (χ3n) is 11.9. The first-order chi connectivity index (χ1) is 31.0. The largest absolute Gasteiger partial charge is 0.462 e. The number of rotatable bonds is 49. The van der Waals surface area contributed by atoms with Crippen LogP contribution in [-0.4, -0.2) is 37.2 Å². The van der Waals surface area contributed by atoms with Gasteiger partial charge in [-0.25, -0.2) is 0 Å². The van der Waals surface area contributed by atoms with Crippen LogP contribution in [0, 0.1) is 0 Å². The van der Waals surface area contributed by atoms with Crippen LogP contribution in [0.5, 0.6) is 0 Å². The van der Waals surface area contributed by atoms with Crippen LogP contribution in [0.15, 0.2) is 48.6 Å². The molecule has 0 spiro atoms. The van der Waals surface area contributed by atoms with Gasteiger partial charge in [0.1, 0.15) is 13.2 Å². The molecule has 0 saturated carbocycles. The first-order valence-corrected chi connectivity index (χ1v) is 27.1. The van der Waals surface area contributed by atoms with Gasteiger partial charge in [-0.15, -0.1) is 0 Å². The van der Waals surface area contributed by atoms with Crippen molar-refractivity contribution in [2.45, 2.75) is 284 Å². The number of hydrogen-bond acceptors (Lipinski definition) is 6. The van der Waals surface area contributed by atoms with Crippen LogP contribution < -0.4 is 0 Å². The highest BCUT2D eigenvalue weighted by molar-refractivity contribution is 5.71. The van der Waals surface area contributed by atoms with Crippen LogP contribution in [0.1, 0.15) is 278 Å². The first-order valence-electron chi connectivity index (χ1n) is 27.1. The van der Waals surface area contributed by atoms with E-state index >= 15 is 0 Å². The molecule has 0 heterocycles. The highest BCUT2D eigenvalue weighted by Crippen LogP contribution is 2.16. The van der Waals surface area contributed by atoms with E-state index in [4.69, 9.17) is 14.2 Å². The highest BCUT2D eigenvalue weighted by Gasteiger charge is 2.19. The van der Waals surface area contributed by atoms with E-state index in [1.165, 1.54) is 167 Å².